The second-order valence-electron chi connectivity index (χ2n) is 13.2. The first-order chi connectivity index (χ1) is 29.9. The summed E-state index contributed by atoms with van der Waals surface area (Å²) in [5.41, 5.74) is 23.7. The van der Waals surface area contributed by atoms with Gasteiger partial charge >= 0.3 is 15.6 Å². The molecule has 2 fully saturated rings. The van der Waals surface area contributed by atoms with Crippen molar-refractivity contribution in [2.45, 2.75) is 49.1 Å². The summed E-state index contributed by atoms with van der Waals surface area (Å²) >= 11 is 0. The Bertz CT molecular complexity index is 2120. The Morgan fingerprint density at radius 1 is 0.661 bits per heavy atom. The molecule has 31 heteroatoms. The zero-order valence-electron chi connectivity index (χ0n) is 33.3. The monoisotopic (exact) mass is 924 g/mol. The van der Waals surface area contributed by atoms with E-state index in [1.54, 1.807) is 0 Å². The number of rotatable bonds is 27. The summed E-state index contributed by atoms with van der Waals surface area (Å²) in [4.78, 5) is 46.6. The lowest BCUT2D eigenvalue weighted by Crippen LogP contribution is -2.39. The maximum absolute atomic E-state index is 13.9. The number of phosphoric acid groups is 2. The van der Waals surface area contributed by atoms with Crippen molar-refractivity contribution >= 4 is 49.6 Å². The highest BCUT2D eigenvalue weighted by molar-refractivity contribution is 7.47. The van der Waals surface area contributed by atoms with Crippen molar-refractivity contribution < 1.29 is 80.0 Å². The number of hydrogen-bond acceptors (Lipinski definition) is 25. The number of imidazole rings is 2. The molecule has 11 N–H and O–H groups in total. The van der Waals surface area contributed by atoms with Crippen LogP contribution in [0.2, 0.25) is 0 Å². The average molecular weight is 925 g/mol. The Morgan fingerprint density at radius 3 is 1.61 bits per heavy atom. The lowest BCUT2D eigenvalue weighted by molar-refractivity contribution is -0.143. The minimum atomic E-state index is -5.23. The minimum absolute atomic E-state index is 0.0404. The molecule has 0 aromatic carbocycles. The van der Waals surface area contributed by atoms with Crippen LogP contribution in [0.25, 0.3) is 22.3 Å². The molecule has 0 aliphatic carbocycles. The van der Waals surface area contributed by atoms with Gasteiger partial charge in [0.15, 0.2) is 35.4 Å². The first-order valence-electron chi connectivity index (χ1n) is 18.9. The fraction of sp³-hybridized carbons (Fsp3) is 0.677. The molecule has 4 aromatic heterocycles. The predicted octanol–water partition coefficient (Wildman–Crippen LogP) is -2.08. The summed E-state index contributed by atoms with van der Waals surface area (Å²) in [6.45, 7) is -0.589. The van der Waals surface area contributed by atoms with Crippen LogP contribution in [0.4, 0.5) is 11.6 Å². The number of anilines is 2. The van der Waals surface area contributed by atoms with E-state index >= 15 is 0 Å². The number of fused-ring (bicyclic) bond motifs is 2. The van der Waals surface area contributed by atoms with Gasteiger partial charge in [-0.05, 0) is 0 Å². The Hall–Kier alpha value is -3.52. The zero-order chi connectivity index (χ0) is 44.3. The number of aliphatic hydroxyl groups is 1. The summed E-state index contributed by atoms with van der Waals surface area (Å²) < 4.78 is 97.0. The molecule has 346 valence electrons. The molecular weight excluding hydrogens is 874 g/mol. The molecular formula is C31H50N12O17P2. The SMILES string of the molecule is COP(=O)(O)OC1[C@@H](COP(=O)(O)OC2[C@@H](CO)O[C@@H](n3cnc4c(N)ncnc43)[C@H]2OCOCCOCCN)O[C@@H](n2cnc3c(N)ncnc32)[C@H]1OCOCCOCCN. The van der Waals surface area contributed by atoms with E-state index in [2.05, 4.69) is 29.9 Å². The third kappa shape index (κ3) is 11.8. The third-order valence-corrected chi connectivity index (χ3v) is 11.1. The average Bonchev–Trinajstić information content (AvgIpc) is 4.03. The molecule has 6 heterocycles. The molecule has 2 aliphatic rings. The van der Waals surface area contributed by atoms with Crippen molar-refractivity contribution in [1.82, 2.24) is 39.0 Å². The van der Waals surface area contributed by atoms with Crippen LogP contribution in [0, 0.1) is 0 Å². The molecule has 29 nitrogen and oxygen atoms in total. The molecule has 2 saturated heterocycles. The Balaban J connectivity index is 1.23. The van der Waals surface area contributed by atoms with Crippen molar-refractivity contribution in [3.05, 3.63) is 25.3 Å². The molecule has 62 heavy (non-hydrogen) atoms. The molecule has 4 unspecified atom stereocenters. The van der Waals surface area contributed by atoms with Gasteiger partial charge in [-0.15, -0.1) is 0 Å². The lowest BCUT2D eigenvalue weighted by Gasteiger charge is -2.27. The summed E-state index contributed by atoms with van der Waals surface area (Å²) in [5.74, 6) is 0.108. The number of ether oxygens (including phenoxy) is 8. The topological polar surface area (TPSA) is 397 Å². The van der Waals surface area contributed by atoms with E-state index in [0.29, 0.717) is 26.3 Å². The Morgan fingerprint density at radius 2 is 1.13 bits per heavy atom. The fourth-order valence-corrected chi connectivity index (χ4v) is 8.00. The summed E-state index contributed by atoms with van der Waals surface area (Å²) in [7, 11) is -9.12. The van der Waals surface area contributed by atoms with Crippen LogP contribution in [0.3, 0.4) is 0 Å². The maximum atomic E-state index is 13.9. The third-order valence-electron chi connectivity index (χ3n) is 9.17. The van der Waals surface area contributed by atoms with Crippen LogP contribution in [0.5, 0.6) is 0 Å². The smallest absolute Gasteiger partial charge is 0.394 e. The number of aromatic nitrogens is 8. The van der Waals surface area contributed by atoms with Crippen molar-refractivity contribution in [2.24, 2.45) is 11.5 Å². The highest BCUT2D eigenvalue weighted by Gasteiger charge is 2.54. The first kappa shape index (κ1) is 47.9. The van der Waals surface area contributed by atoms with Crippen LogP contribution in [0.15, 0.2) is 25.3 Å². The van der Waals surface area contributed by atoms with E-state index in [9.17, 15) is 24.0 Å². The van der Waals surface area contributed by atoms with Gasteiger partial charge in [0.1, 0.15) is 73.9 Å². The molecule has 2 aliphatic heterocycles. The van der Waals surface area contributed by atoms with E-state index in [-0.39, 0.29) is 60.4 Å². The minimum Gasteiger partial charge on any atom is -0.394 e. The van der Waals surface area contributed by atoms with E-state index in [0.717, 1.165) is 7.11 Å². The fourth-order valence-electron chi connectivity index (χ4n) is 6.39. The maximum Gasteiger partial charge on any atom is 0.472 e. The quantitative estimate of drug-likeness (QED) is 0.0192. The van der Waals surface area contributed by atoms with Crippen LogP contribution < -0.4 is 22.9 Å². The van der Waals surface area contributed by atoms with E-state index in [1.165, 1.54) is 34.4 Å². The van der Waals surface area contributed by atoms with Crippen LogP contribution in [0.1, 0.15) is 12.5 Å². The van der Waals surface area contributed by atoms with Gasteiger partial charge in [0, 0.05) is 20.2 Å². The van der Waals surface area contributed by atoms with Gasteiger partial charge in [0.05, 0.1) is 65.5 Å². The van der Waals surface area contributed by atoms with Gasteiger partial charge in [-0.25, -0.2) is 39.0 Å². The molecule has 0 radical (unpaired) electrons. The largest absolute Gasteiger partial charge is 0.472 e. The molecule has 0 amide bonds. The van der Waals surface area contributed by atoms with Gasteiger partial charge in [0.2, 0.25) is 0 Å². The molecule has 0 spiro atoms. The van der Waals surface area contributed by atoms with E-state index in [1.807, 2.05) is 0 Å². The molecule has 10 atom stereocenters. The molecule has 4 aromatic rings. The Kier molecular flexibility index (Phi) is 17.3. The van der Waals surface area contributed by atoms with Gasteiger partial charge in [-0.3, -0.25) is 27.2 Å². The van der Waals surface area contributed by atoms with E-state index < -0.39 is 91.5 Å². The highest BCUT2D eigenvalue weighted by atomic mass is 31.2. The van der Waals surface area contributed by atoms with Gasteiger partial charge in [-0.1, -0.05) is 0 Å². The summed E-state index contributed by atoms with van der Waals surface area (Å²) in [6.07, 6.45) is -5.92. The summed E-state index contributed by atoms with van der Waals surface area (Å²) in [5, 5.41) is 10.4. The molecule has 6 rings (SSSR count). The molecule has 0 bridgehead atoms. The second-order valence-corrected chi connectivity index (χ2v) is 16.1. The van der Waals surface area contributed by atoms with Gasteiger partial charge < -0.3 is 75.7 Å². The van der Waals surface area contributed by atoms with Crippen molar-refractivity contribution in [3.8, 4) is 0 Å². The Labute approximate surface area is 352 Å². The predicted molar refractivity (Wildman–Crippen MR) is 208 cm³/mol. The number of nitrogen functional groups attached to an aromatic ring is 2. The zero-order valence-corrected chi connectivity index (χ0v) is 35.0. The van der Waals surface area contributed by atoms with Gasteiger partial charge in [-0.2, -0.15) is 0 Å². The first-order valence-corrected chi connectivity index (χ1v) is 21.9. The standard InChI is InChI=1S/C31H50N12O17P2/c1-49-61(45,46)59-23-19(58-31(25(23)55-17-53-9-7-51-5-3-33)43-15-41-21-27(35)37-13-39-29(21)43)11-56-62(47,48)60-22-18(10-44)57-30(24(22)54-16-52-8-6-50-4-2-32)42-14-40-20-26(34)36-12-38-28(20)42/h12-15,18-19,22-25,30-31,44H,2-11,16-17,32-33H2,1H3,(H,45,46)(H,47,48)(H2,34,36,38)(H2,35,37,39)/t18-,19-,22?,23?,24+,25+,30-,31-/m1/s1. The van der Waals surface area contributed by atoms with Crippen molar-refractivity contribution in [1.29, 1.82) is 0 Å². The lowest BCUT2D eigenvalue weighted by atomic mass is 10.1. The van der Waals surface area contributed by atoms with Crippen molar-refractivity contribution in [3.63, 3.8) is 0 Å². The number of phosphoric ester groups is 2. The van der Waals surface area contributed by atoms with Gasteiger partial charge in [0.25, 0.3) is 0 Å². The normalized spacial score (nSPS) is 26.1. The highest BCUT2D eigenvalue weighted by Crippen LogP contribution is 2.52. The second kappa shape index (κ2) is 22.4. The van der Waals surface area contributed by atoms with Crippen LogP contribution in [-0.4, -0.2) is 177 Å². The number of hydrogen-bond donors (Lipinski definition) is 7. The van der Waals surface area contributed by atoms with E-state index in [4.69, 9.17) is 78.9 Å². The summed E-state index contributed by atoms with van der Waals surface area (Å²) in [6, 6.07) is 0. The number of nitrogens with zero attached hydrogens (tertiary/aromatic N) is 8. The number of nitrogens with two attached hydrogens (primary N) is 4. The van der Waals surface area contributed by atoms with Crippen LogP contribution >= 0.6 is 15.6 Å². The van der Waals surface area contributed by atoms with Crippen molar-refractivity contribution in [2.75, 3.05) is 98.1 Å². The van der Waals surface area contributed by atoms with Crippen LogP contribution in [-0.2, 0) is 65.1 Å². The molecule has 0 saturated carbocycles. The number of aliphatic hydroxyl groups excluding tert-OH is 1.